The zero-order chi connectivity index (χ0) is 29.6. The summed E-state index contributed by atoms with van der Waals surface area (Å²) in [6.45, 7) is 3.90. The first-order valence-corrected chi connectivity index (χ1v) is 16.3. The van der Waals surface area contributed by atoms with E-state index < -0.39 is 25.3 Å². The first-order valence-electron chi connectivity index (χ1n) is 13.2. The summed E-state index contributed by atoms with van der Waals surface area (Å²) < 4.78 is 70.0. The summed E-state index contributed by atoms with van der Waals surface area (Å²) in [5.41, 5.74) is 2.79. The van der Waals surface area contributed by atoms with Crippen LogP contribution in [0.15, 0.2) is 86.3 Å². The molecule has 0 radical (unpaired) electrons. The fourth-order valence-electron chi connectivity index (χ4n) is 4.94. The van der Waals surface area contributed by atoms with Crippen LogP contribution in [0.4, 0.5) is 13.2 Å². The van der Waals surface area contributed by atoms with Gasteiger partial charge in [0, 0.05) is 36.9 Å². The quantitative estimate of drug-likeness (QED) is 0.216. The van der Waals surface area contributed by atoms with Crippen LogP contribution in [0.3, 0.4) is 0 Å². The molecule has 6 rings (SSSR count). The highest BCUT2D eigenvalue weighted by atomic mass is 32.2. The van der Waals surface area contributed by atoms with E-state index in [4.69, 9.17) is 9.05 Å². The van der Waals surface area contributed by atoms with Gasteiger partial charge < -0.3 is 9.05 Å². The lowest BCUT2D eigenvalue weighted by atomic mass is 10.1. The third kappa shape index (κ3) is 5.31. The molecule has 0 spiro atoms. The van der Waals surface area contributed by atoms with Gasteiger partial charge in [-0.15, -0.1) is 0 Å². The molecule has 4 nitrogen and oxygen atoms in total. The van der Waals surface area contributed by atoms with Gasteiger partial charge in [0.15, 0.2) is 0 Å². The lowest BCUT2D eigenvalue weighted by Gasteiger charge is -2.20. The number of rotatable bonds is 6. The van der Waals surface area contributed by atoms with E-state index in [-0.39, 0.29) is 27.5 Å². The van der Waals surface area contributed by atoms with Gasteiger partial charge in [-0.25, -0.2) is 17.7 Å². The van der Waals surface area contributed by atoms with Crippen molar-refractivity contribution < 1.29 is 31.7 Å². The van der Waals surface area contributed by atoms with Crippen molar-refractivity contribution in [1.82, 2.24) is 0 Å². The number of fused-ring (bicyclic) bond motifs is 4. The van der Waals surface area contributed by atoms with Gasteiger partial charge in [0.2, 0.25) is 0 Å². The second-order valence-electron chi connectivity index (χ2n) is 9.59. The molecule has 214 valence electrons. The van der Waals surface area contributed by atoms with Gasteiger partial charge in [0.05, 0.1) is 4.90 Å². The minimum absolute atomic E-state index is 0.0426. The van der Waals surface area contributed by atoms with Crippen LogP contribution >= 0.6 is 31.3 Å². The normalized spacial score (nSPS) is 15.0. The molecule has 0 saturated heterocycles. The maximum atomic E-state index is 15.0. The summed E-state index contributed by atoms with van der Waals surface area (Å²) >= 11 is 2.39. The molecule has 0 aromatic heterocycles. The Morgan fingerprint density at radius 2 is 1.19 bits per heavy atom. The highest BCUT2D eigenvalue weighted by Crippen LogP contribution is 2.56. The topological polar surface area (TPSA) is 55.8 Å². The summed E-state index contributed by atoms with van der Waals surface area (Å²) in [4.78, 5) is 13.2. The Balaban J connectivity index is 1.47. The van der Waals surface area contributed by atoms with Crippen LogP contribution in [0.1, 0.15) is 47.2 Å². The number of aryl methyl sites for hydroxylation is 2. The monoisotopic (exact) mass is 624 g/mol. The van der Waals surface area contributed by atoms with E-state index in [0.29, 0.717) is 33.8 Å². The van der Waals surface area contributed by atoms with Crippen molar-refractivity contribution in [2.75, 3.05) is 0 Å². The third-order valence-corrected chi connectivity index (χ3v) is 10.4. The third-order valence-electron chi connectivity index (χ3n) is 6.99. The number of halogens is 3. The van der Waals surface area contributed by atoms with E-state index in [2.05, 4.69) is 0 Å². The van der Waals surface area contributed by atoms with E-state index in [1.54, 1.807) is 36.4 Å². The average Bonchev–Trinajstić information content (AvgIpc) is 3.24. The molecule has 0 saturated carbocycles. The van der Waals surface area contributed by atoms with E-state index >= 15 is 0 Å². The van der Waals surface area contributed by atoms with E-state index in [0.717, 1.165) is 39.9 Å². The summed E-state index contributed by atoms with van der Waals surface area (Å²) in [5.74, 6) is -2.06. The molecular formula is C32H24F3O4PS2. The smallest absolute Gasteiger partial charge is 0.394 e. The van der Waals surface area contributed by atoms with Crippen molar-refractivity contribution in [3.8, 4) is 0 Å². The molecule has 2 aliphatic rings. The van der Waals surface area contributed by atoms with Crippen molar-refractivity contribution in [1.29, 1.82) is 0 Å². The molecule has 4 aromatic rings. The first-order chi connectivity index (χ1) is 20.2. The van der Waals surface area contributed by atoms with E-state index in [9.17, 15) is 22.6 Å². The minimum atomic E-state index is -4.99. The highest BCUT2D eigenvalue weighted by molar-refractivity contribution is 7.99. The number of hydrogen-bond acceptors (Lipinski definition) is 5. The van der Waals surface area contributed by atoms with Crippen LogP contribution in [0, 0.1) is 17.5 Å². The maximum absolute atomic E-state index is 15.0. The zero-order valence-electron chi connectivity index (χ0n) is 22.5. The molecule has 42 heavy (non-hydrogen) atoms. The molecule has 1 atom stereocenters. The van der Waals surface area contributed by atoms with Gasteiger partial charge in [-0.2, -0.15) is 0 Å². The van der Waals surface area contributed by atoms with Gasteiger partial charge in [0.1, 0.15) is 29.0 Å². The fourth-order valence-corrected chi connectivity index (χ4v) is 8.29. The molecule has 10 heteroatoms. The SMILES string of the molecule is CCc1cccc2c1Sc1cccc(F)c1C=C2OP(=O)(O)OC1=Cc2c(F)ccc(F)c2Sc2c(CC)cccc21. The first kappa shape index (κ1) is 28.7. The highest BCUT2D eigenvalue weighted by Gasteiger charge is 2.34. The van der Waals surface area contributed by atoms with Crippen molar-refractivity contribution in [3.63, 3.8) is 0 Å². The molecule has 0 bridgehead atoms. The Bertz CT molecular complexity index is 1850. The standard InChI is InChI=1S/C32H24F3O4PS2/c1-3-18-8-5-10-20-27(16-22-24(33)12-7-13-29(22)41-30(18)20)38-40(36,37)39-28-17-23-25(34)14-15-26(35)32(23)42-31-19(4-2)9-6-11-21(28)31/h5-17H,3-4H2,1-2H3,(H,36,37). The largest absolute Gasteiger partial charge is 0.584 e. The van der Waals surface area contributed by atoms with Crippen LogP contribution in [0.2, 0.25) is 0 Å². The van der Waals surface area contributed by atoms with Crippen LogP contribution in [0.25, 0.3) is 23.7 Å². The van der Waals surface area contributed by atoms with Crippen LogP contribution in [-0.4, -0.2) is 4.89 Å². The second kappa shape index (κ2) is 11.4. The molecule has 0 aliphatic carbocycles. The summed E-state index contributed by atoms with van der Waals surface area (Å²) in [5, 5.41) is 0. The Morgan fingerprint density at radius 1 is 0.667 bits per heavy atom. The maximum Gasteiger partial charge on any atom is 0.584 e. The van der Waals surface area contributed by atoms with Gasteiger partial charge >= 0.3 is 7.82 Å². The van der Waals surface area contributed by atoms with E-state index in [1.807, 2.05) is 26.0 Å². The number of phosphoric ester groups is 1. The predicted molar refractivity (Wildman–Crippen MR) is 160 cm³/mol. The molecule has 1 N–H and O–H groups in total. The van der Waals surface area contributed by atoms with Gasteiger partial charge in [-0.05, 0) is 60.4 Å². The molecule has 0 amide bonds. The van der Waals surface area contributed by atoms with E-state index in [1.165, 1.54) is 30.0 Å². The van der Waals surface area contributed by atoms with Gasteiger partial charge in [0.25, 0.3) is 0 Å². The Morgan fingerprint density at radius 3 is 1.81 bits per heavy atom. The second-order valence-corrected chi connectivity index (χ2v) is 13.0. The van der Waals surface area contributed by atoms with Crippen molar-refractivity contribution in [2.45, 2.75) is 46.3 Å². The molecular weight excluding hydrogens is 600 g/mol. The fraction of sp³-hybridized carbons (Fsp3) is 0.125. The van der Waals surface area contributed by atoms with Crippen LogP contribution < -0.4 is 0 Å². The number of phosphoric acid groups is 1. The lowest BCUT2D eigenvalue weighted by Crippen LogP contribution is -2.00. The summed E-state index contributed by atoms with van der Waals surface area (Å²) in [7, 11) is -4.99. The van der Waals surface area contributed by atoms with Crippen molar-refractivity contribution in [3.05, 3.63) is 118 Å². The zero-order valence-corrected chi connectivity index (χ0v) is 25.0. The lowest BCUT2D eigenvalue weighted by molar-refractivity contribution is 0.264. The average molecular weight is 625 g/mol. The molecule has 2 heterocycles. The molecule has 2 aliphatic heterocycles. The Labute approximate surface area is 249 Å². The molecule has 0 fully saturated rings. The Kier molecular flexibility index (Phi) is 7.79. The summed E-state index contributed by atoms with van der Waals surface area (Å²) in [6, 6.07) is 17.4. The van der Waals surface area contributed by atoms with Crippen LogP contribution in [-0.2, 0) is 26.5 Å². The minimum Gasteiger partial charge on any atom is -0.394 e. The molecule has 1 unspecified atom stereocenters. The van der Waals surface area contributed by atoms with Crippen molar-refractivity contribution in [2.24, 2.45) is 0 Å². The molecule has 4 aromatic carbocycles. The van der Waals surface area contributed by atoms with Crippen LogP contribution in [0.5, 0.6) is 0 Å². The number of hydrogen-bond donors (Lipinski definition) is 1. The predicted octanol–water partition coefficient (Wildman–Crippen LogP) is 9.99. The van der Waals surface area contributed by atoms with Crippen molar-refractivity contribution >= 4 is 55.0 Å². The summed E-state index contributed by atoms with van der Waals surface area (Å²) in [6.07, 6.45) is 3.85. The number of benzene rings is 4. The van der Waals surface area contributed by atoms with Gasteiger partial charge in [-0.1, -0.05) is 79.8 Å². The Hall–Kier alpha value is -3.36. The van der Waals surface area contributed by atoms with Gasteiger partial charge in [-0.3, -0.25) is 4.89 Å².